The summed E-state index contributed by atoms with van der Waals surface area (Å²) in [6.07, 6.45) is 4.28. The lowest BCUT2D eigenvalue weighted by Crippen LogP contribution is -2.29. The molecule has 49 heavy (non-hydrogen) atoms. The van der Waals surface area contributed by atoms with Gasteiger partial charge in [-0.05, 0) is 80.7 Å². The first-order valence-electron chi connectivity index (χ1n) is 17.0. The zero-order valence-corrected chi connectivity index (χ0v) is 26.8. The SMILES string of the molecule is C1=c2ccccc2=C(c2cc(-c3cccc(-n4c5ccc6ccccc6c5c5c6ccccc6ccc54)c3)nc(-c3ccccc3)n2)CC1. The van der Waals surface area contributed by atoms with Crippen LogP contribution in [-0.2, 0) is 0 Å². The topological polar surface area (TPSA) is 30.7 Å². The molecule has 7 aromatic carbocycles. The fourth-order valence-corrected chi connectivity index (χ4v) is 7.82. The number of rotatable bonds is 4. The van der Waals surface area contributed by atoms with Crippen molar-refractivity contribution in [2.45, 2.75) is 12.8 Å². The predicted molar refractivity (Wildman–Crippen MR) is 204 cm³/mol. The molecule has 0 aliphatic heterocycles. The van der Waals surface area contributed by atoms with Crippen LogP contribution in [0, 0.1) is 0 Å². The fraction of sp³-hybridized carbons (Fsp3) is 0.0435. The summed E-state index contributed by atoms with van der Waals surface area (Å²) in [6.45, 7) is 0. The number of fused-ring (bicyclic) bond motifs is 8. The van der Waals surface area contributed by atoms with Gasteiger partial charge in [-0.15, -0.1) is 0 Å². The van der Waals surface area contributed by atoms with E-state index in [-0.39, 0.29) is 0 Å². The first-order valence-corrected chi connectivity index (χ1v) is 17.0. The molecule has 0 saturated carbocycles. The highest BCUT2D eigenvalue weighted by molar-refractivity contribution is 6.28. The number of hydrogen-bond donors (Lipinski definition) is 0. The summed E-state index contributed by atoms with van der Waals surface area (Å²) in [5, 5.41) is 10.1. The quantitative estimate of drug-likeness (QED) is 0.195. The second kappa shape index (κ2) is 11.1. The van der Waals surface area contributed by atoms with Crippen molar-refractivity contribution in [1.29, 1.82) is 0 Å². The first-order chi connectivity index (χ1) is 24.3. The summed E-state index contributed by atoms with van der Waals surface area (Å²) < 4.78 is 2.43. The third kappa shape index (κ3) is 4.51. The van der Waals surface area contributed by atoms with Crippen molar-refractivity contribution < 1.29 is 0 Å². The van der Waals surface area contributed by atoms with Gasteiger partial charge in [0.2, 0.25) is 0 Å². The molecule has 0 N–H and O–H groups in total. The standard InChI is InChI=1S/C46H31N3/c1-2-15-33(16-3-1)46-47-40(29-41(48-46)39-23-11-17-30-12-4-7-20-36(30)39)34-18-10-19-35(28-34)49-42-26-24-31-13-5-8-21-37(31)44(42)45-38-22-9-6-14-32(38)25-27-43(45)49/h1-10,12-22,24-29H,11,23H2. The molecule has 0 bridgehead atoms. The van der Waals surface area contributed by atoms with Gasteiger partial charge in [0, 0.05) is 27.6 Å². The molecular formula is C46H31N3. The molecule has 0 radical (unpaired) electrons. The highest BCUT2D eigenvalue weighted by Gasteiger charge is 2.19. The van der Waals surface area contributed by atoms with E-state index in [2.05, 4.69) is 162 Å². The van der Waals surface area contributed by atoms with Gasteiger partial charge < -0.3 is 4.57 Å². The normalized spacial score (nSPS) is 12.9. The van der Waals surface area contributed by atoms with Gasteiger partial charge in [-0.1, -0.05) is 133 Å². The van der Waals surface area contributed by atoms with Gasteiger partial charge in [-0.2, -0.15) is 0 Å². The highest BCUT2D eigenvalue weighted by Crippen LogP contribution is 2.41. The Bertz CT molecular complexity index is 2790. The highest BCUT2D eigenvalue weighted by atomic mass is 15.0. The van der Waals surface area contributed by atoms with Crippen molar-refractivity contribution in [3.8, 4) is 28.3 Å². The van der Waals surface area contributed by atoms with Crippen LogP contribution in [0.2, 0.25) is 0 Å². The Hall–Kier alpha value is -6.32. The average Bonchev–Trinajstić information content (AvgIpc) is 3.53. The Morgan fingerprint density at radius 3 is 1.88 bits per heavy atom. The molecule has 10 rings (SSSR count). The smallest absolute Gasteiger partial charge is 0.160 e. The zero-order valence-electron chi connectivity index (χ0n) is 26.8. The van der Waals surface area contributed by atoms with Gasteiger partial charge in [0.15, 0.2) is 5.82 Å². The van der Waals surface area contributed by atoms with E-state index in [0.29, 0.717) is 0 Å². The lowest BCUT2D eigenvalue weighted by Gasteiger charge is -2.15. The molecular weight excluding hydrogens is 595 g/mol. The van der Waals surface area contributed by atoms with Crippen LogP contribution in [0.1, 0.15) is 18.5 Å². The van der Waals surface area contributed by atoms with E-state index in [1.807, 2.05) is 6.07 Å². The summed E-state index contributed by atoms with van der Waals surface area (Å²) in [5.74, 6) is 0.743. The fourth-order valence-electron chi connectivity index (χ4n) is 7.82. The molecule has 9 aromatic rings. The minimum Gasteiger partial charge on any atom is -0.309 e. The van der Waals surface area contributed by atoms with Crippen molar-refractivity contribution >= 4 is 55.0 Å². The molecule has 2 aromatic heterocycles. The molecule has 3 nitrogen and oxygen atoms in total. The molecule has 3 heteroatoms. The summed E-state index contributed by atoms with van der Waals surface area (Å²) in [5.41, 5.74) is 8.75. The van der Waals surface area contributed by atoms with E-state index < -0.39 is 0 Å². The average molecular weight is 626 g/mol. The summed E-state index contributed by atoms with van der Waals surface area (Å²) in [4.78, 5) is 10.4. The molecule has 0 fully saturated rings. The van der Waals surface area contributed by atoms with Gasteiger partial charge in [-0.3, -0.25) is 0 Å². The number of aromatic nitrogens is 3. The molecule has 1 aliphatic carbocycles. The maximum Gasteiger partial charge on any atom is 0.160 e. The number of nitrogens with zero attached hydrogens (tertiary/aromatic N) is 3. The molecule has 2 heterocycles. The first kappa shape index (κ1) is 27.8. The van der Waals surface area contributed by atoms with E-state index in [9.17, 15) is 0 Å². The molecule has 0 saturated heterocycles. The minimum atomic E-state index is 0.743. The molecule has 0 spiro atoms. The summed E-state index contributed by atoms with van der Waals surface area (Å²) in [6, 6.07) is 56.6. The van der Waals surface area contributed by atoms with Crippen LogP contribution >= 0.6 is 0 Å². The molecule has 0 atom stereocenters. The van der Waals surface area contributed by atoms with Crippen LogP contribution in [0.4, 0.5) is 0 Å². The van der Waals surface area contributed by atoms with Crippen LogP contribution in [-0.4, -0.2) is 14.5 Å². The Balaban J connectivity index is 1.23. The van der Waals surface area contributed by atoms with Crippen LogP contribution in [0.5, 0.6) is 0 Å². The second-order valence-electron chi connectivity index (χ2n) is 12.9. The van der Waals surface area contributed by atoms with E-state index in [0.717, 1.165) is 46.9 Å². The number of benzene rings is 7. The van der Waals surface area contributed by atoms with Crippen molar-refractivity contribution in [3.05, 3.63) is 174 Å². The van der Waals surface area contributed by atoms with Crippen LogP contribution in [0.15, 0.2) is 158 Å². The van der Waals surface area contributed by atoms with E-state index in [4.69, 9.17) is 9.97 Å². The Morgan fingerprint density at radius 2 is 1.12 bits per heavy atom. The van der Waals surface area contributed by atoms with Crippen molar-refractivity contribution in [2.24, 2.45) is 0 Å². The van der Waals surface area contributed by atoms with Crippen LogP contribution in [0.3, 0.4) is 0 Å². The Labute approximate surface area is 283 Å². The number of hydrogen-bond acceptors (Lipinski definition) is 2. The van der Waals surface area contributed by atoms with E-state index >= 15 is 0 Å². The van der Waals surface area contributed by atoms with Gasteiger partial charge in [0.25, 0.3) is 0 Å². The van der Waals surface area contributed by atoms with Gasteiger partial charge in [-0.25, -0.2) is 9.97 Å². The van der Waals surface area contributed by atoms with Gasteiger partial charge in [0.05, 0.1) is 22.4 Å². The minimum absolute atomic E-state index is 0.743. The maximum atomic E-state index is 5.21. The van der Waals surface area contributed by atoms with Crippen LogP contribution in [0.25, 0.3) is 83.3 Å². The molecule has 230 valence electrons. The van der Waals surface area contributed by atoms with Crippen molar-refractivity contribution in [1.82, 2.24) is 14.5 Å². The summed E-state index contributed by atoms with van der Waals surface area (Å²) >= 11 is 0. The largest absolute Gasteiger partial charge is 0.309 e. The Morgan fingerprint density at radius 1 is 0.490 bits per heavy atom. The van der Waals surface area contributed by atoms with Crippen LogP contribution < -0.4 is 10.4 Å². The van der Waals surface area contributed by atoms with E-state index in [1.54, 1.807) is 0 Å². The maximum absolute atomic E-state index is 5.21. The molecule has 0 unspecified atom stereocenters. The van der Waals surface area contributed by atoms with E-state index in [1.165, 1.54) is 59.4 Å². The third-order valence-electron chi connectivity index (χ3n) is 10.1. The lowest BCUT2D eigenvalue weighted by atomic mass is 9.96. The van der Waals surface area contributed by atoms with Gasteiger partial charge in [0.1, 0.15) is 0 Å². The Kier molecular flexibility index (Phi) is 6.31. The molecule has 1 aliphatic rings. The zero-order chi connectivity index (χ0) is 32.3. The lowest BCUT2D eigenvalue weighted by molar-refractivity contribution is 1.04. The predicted octanol–water partition coefficient (Wildman–Crippen LogP) is 9.99. The second-order valence-corrected chi connectivity index (χ2v) is 12.9. The third-order valence-corrected chi connectivity index (χ3v) is 10.1. The molecule has 0 amide bonds. The van der Waals surface area contributed by atoms with Crippen molar-refractivity contribution in [3.63, 3.8) is 0 Å². The summed E-state index contributed by atoms with van der Waals surface area (Å²) in [7, 11) is 0. The monoisotopic (exact) mass is 625 g/mol. The van der Waals surface area contributed by atoms with Gasteiger partial charge >= 0.3 is 0 Å². The van der Waals surface area contributed by atoms with Crippen molar-refractivity contribution in [2.75, 3.05) is 0 Å².